The van der Waals surface area contributed by atoms with Gasteiger partial charge in [-0.3, -0.25) is 4.79 Å². The molecular weight excluding hydrogens is 400 g/mol. The van der Waals surface area contributed by atoms with E-state index in [1.807, 2.05) is 24.3 Å². The van der Waals surface area contributed by atoms with Gasteiger partial charge in [-0.1, -0.05) is 51.1 Å². The summed E-state index contributed by atoms with van der Waals surface area (Å²) in [6.07, 6.45) is 0.863. The zero-order chi connectivity index (χ0) is 21.9. The van der Waals surface area contributed by atoms with E-state index in [1.54, 1.807) is 12.1 Å². The van der Waals surface area contributed by atoms with Crippen LogP contribution < -0.4 is 5.32 Å². The van der Waals surface area contributed by atoms with Crippen molar-refractivity contribution >= 4 is 15.9 Å². The van der Waals surface area contributed by atoms with Gasteiger partial charge < -0.3 is 10.4 Å². The average Bonchev–Trinajstić information content (AvgIpc) is 3.27. The minimum absolute atomic E-state index is 0.0259. The topological polar surface area (TPSA) is 86.7 Å². The number of sulfonamides is 1. The lowest BCUT2D eigenvalue weighted by Gasteiger charge is -2.20. The van der Waals surface area contributed by atoms with Crippen molar-refractivity contribution in [1.29, 1.82) is 0 Å². The van der Waals surface area contributed by atoms with Crippen molar-refractivity contribution in [3.05, 3.63) is 65.2 Å². The molecule has 0 bridgehead atoms. The Morgan fingerprint density at radius 1 is 1.10 bits per heavy atom. The molecule has 0 saturated carbocycles. The largest absolute Gasteiger partial charge is 0.387 e. The monoisotopic (exact) mass is 430 g/mol. The number of aliphatic hydroxyl groups is 1. The highest BCUT2D eigenvalue weighted by Crippen LogP contribution is 2.24. The standard InChI is InChI=1S/C23H30N2O4S/c1-23(2,3)19-11-9-17(10-12-19)21(26)16-24-22(27)18-7-6-8-20(15-18)30(28,29)25-13-4-5-14-25/h6-12,15,21,26H,4-5,13-14,16H2,1-3H3,(H,24,27). The van der Waals surface area contributed by atoms with Gasteiger partial charge in [-0.15, -0.1) is 0 Å². The third-order valence-electron chi connectivity index (χ3n) is 5.42. The number of aliphatic hydroxyl groups excluding tert-OH is 1. The molecule has 1 fully saturated rings. The quantitative estimate of drug-likeness (QED) is 0.737. The molecule has 1 amide bonds. The summed E-state index contributed by atoms with van der Waals surface area (Å²) in [5, 5.41) is 13.1. The fraction of sp³-hybridized carbons (Fsp3) is 0.435. The van der Waals surface area contributed by atoms with Gasteiger partial charge >= 0.3 is 0 Å². The zero-order valence-corrected chi connectivity index (χ0v) is 18.6. The second-order valence-electron chi connectivity index (χ2n) is 8.74. The van der Waals surface area contributed by atoms with Crippen molar-refractivity contribution < 1.29 is 18.3 Å². The highest BCUT2D eigenvalue weighted by Gasteiger charge is 2.27. The van der Waals surface area contributed by atoms with E-state index < -0.39 is 22.0 Å². The van der Waals surface area contributed by atoms with Crippen LogP contribution in [0.4, 0.5) is 0 Å². The van der Waals surface area contributed by atoms with E-state index in [0.29, 0.717) is 18.7 Å². The summed E-state index contributed by atoms with van der Waals surface area (Å²) in [4.78, 5) is 12.7. The van der Waals surface area contributed by atoms with Crippen LogP contribution in [0.25, 0.3) is 0 Å². The number of carbonyl (C=O) groups is 1. The number of hydrogen-bond donors (Lipinski definition) is 2. The summed E-state index contributed by atoms with van der Waals surface area (Å²) >= 11 is 0. The van der Waals surface area contributed by atoms with E-state index in [1.165, 1.54) is 22.0 Å². The molecule has 2 N–H and O–H groups in total. The molecule has 1 saturated heterocycles. The smallest absolute Gasteiger partial charge is 0.251 e. The van der Waals surface area contributed by atoms with E-state index in [2.05, 4.69) is 26.1 Å². The van der Waals surface area contributed by atoms with Crippen molar-refractivity contribution in [2.24, 2.45) is 0 Å². The number of benzene rings is 2. The fourth-order valence-electron chi connectivity index (χ4n) is 3.49. The second-order valence-corrected chi connectivity index (χ2v) is 10.7. The van der Waals surface area contributed by atoms with E-state index in [4.69, 9.17) is 0 Å². The summed E-state index contributed by atoms with van der Waals surface area (Å²) in [5.74, 6) is -0.418. The zero-order valence-electron chi connectivity index (χ0n) is 17.8. The van der Waals surface area contributed by atoms with Crippen LogP contribution in [-0.2, 0) is 15.4 Å². The molecule has 0 aliphatic carbocycles. The maximum absolute atomic E-state index is 12.7. The summed E-state index contributed by atoms with van der Waals surface area (Å²) < 4.78 is 26.9. The van der Waals surface area contributed by atoms with Crippen LogP contribution in [0, 0.1) is 0 Å². The molecule has 0 radical (unpaired) electrons. The molecule has 2 aromatic carbocycles. The van der Waals surface area contributed by atoms with Crippen molar-refractivity contribution in [2.45, 2.75) is 50.0 Å². The highest BCUT2D eigenvalue weighted by atomic mass is 32.2. The van der Waals surface area contributed by atoms with E-state index in [9.17, 15) is 18.3 Å². The Morgan fingerprint density at radius 3 is 2.33 bits per heavy atom. The van der Waals surface area contributed by atoms with E-state index in [-0.39, 0.29) is 22.4 Å². The maximum atomic E-state index is 12.7. The molecule has 1 heterocycles. The van der Waals surface area contributed by atoms with Crippen LogP contribution in [-0.4, -0.2) is 43.4 Å². The number of hydrogen-bond acceptors (Lipinski definition) is 4. The Balaban J connectivity index is 1.65. The molecule has 1 aliphatic heterocycles. The van der Waals surface area contributed by atoms with Gasteiger partial charge in [0.25, 0.3) is 5.91 Å². The molecule has 2 aromatic rings. The summed E-state index contributed by atoms with van der Waals surface area (Å²) in [7, 11) is -3.58. The van der Waals surface area contributed by atoms with Crippen LogP contribution in [0.15, 0.2) is 53.4 Å². The van der Waals surface area contributed by atoms with Crippen molar-refractivity contribution in [2.75, 3.05) is 19.6 Å². The lowest BCUT2D eigenvalue weighted by atomic mass is 9.86. The summed E-state index contributed by atoms with van der Waals surface area (Å²) in [5.41, 5.74) is 2.16. The molecule has 162 valence electrons. The molecule has 0 spiro atoms. The van der Waals surface area contributed by atoms with Gasteiger partial charge in [-0.05, 0) is 47.6 Å². The molecular formula is C23H30N2O4S. The lowest BCUT2D eigenvalue weighted by molar-refractivity contribution is 0.0916. The minimum Gasteiger partial charge on any atom is -0.387 e. The number of nitrogens with one attached hydrogen (secondary N) is 1. The Morgan fingerprint density at radius 2 is 1.73 bits per heavy atom. The first-order chi connectivity index (χ1) is 14.1. The first-order valence-electron chi connectivity index (χ1n) is 10.3. The van der Waals surface area contributed by atoms with Crippen molar-refractivity contribution in [1.82, 2.24) is 9.62 Å². The summed E-state index contributed by atoms with van der Waals surface area (Å²) in [6.45, 7) is 7.43. The van der Waals surface area contributed by atoms with Gasteiger partial charge in [0.1, 0.15) is 0 Å². The number of rotatable bonds is 6. The molecule has 6 nitrogen and oxygen atoms in total. The van der Waals surface area contributed by atoms with Crippen LogP contribution in [0.5, 0.6) is 0 Å². The maximum Gasteiger partial charge on any atom is 0.251 e. The third kappa shape index (κ3) is 5.09. The number of carbonyl (C=O) groups excluding carboxylic acids is 1. The van der Waals surface area contributed by atoms with Crippen molar-refractivity contribution in [3.63, 3.8) is 0 Å². The predicted molar refractivity (Wildman–Crippen MR) is 117 cm³/mol. The van der Waals surface area contributed by atoms with Crippen LogP contribution >= 0.6 is 0 Å². The Hall–Kier alpha value is -2.22. The fourth-order valence-corrected chi connectivity index (χ4v) is 5.05. The van der Waals surface area contributed by atoms with Gasteiger partial charge in [0.05, 0.1) is 11.0 Å². The van der Waals surface area contributed by atoms with Gasteiger partial charge in [0.15, 0.2) is 0 Å². The SMILES string of the molecule is CC(C)(C)c1ccc(C(O)CNC(=O)c2cccc(S(=O)(=O)N3CCCC3)c2)cc1. The van der Waals surface area contributed by atoms with Gasteiger partial charge in [-0.25, -0.2) is 8.42 Å². The van der Waals surface area contributed by atoms with E-state index in [0.717, 1.165) is 12.8 Å². The van der Waals surface area contributed by atoms with Crippen molar-refractivity contribution in [3.8, 4) is 0 Å². The first kappa shape index (κ1) is 22.5. The molecule has 1 atom stereocenters. The number of amides is 1. The minimum atomic E-state index is -3.58. The molecule has 1 unspecified atom stereocenters. The molecule has 7 heteroatoms. The Kier molecular flexibility index (Phi) is 6.65. The third-order valence-corrected chi connectivity index (χ3v) is 7.31. The molecule has 0 aromatic heterocycles. The predicted octanol–water partition coefficient (Wildman–Crippen LogP) is 3.23. The lowest BCUT2D eigenvalue weighted by Crippen LogP contribution is -2.30. The van der Waals surface area contributed by atoms with Crippen LogP contribution in [0.1, 0.15) is 61.2 Å². The molecule has 3 rings (SSSR count). The normalized spacial score (nSPS) is 16.4. The van der Waals surface area contributed by atoms with Crippen LogP contribution in [0.2, 0.25) is 0 Å². The van der Waals surface area contributed by atoms with Gasteiger partial charge in [0.2, 0.25) is 10.0 Å². The summed E-state index contributed by atoms with van der Waals surface area (Å²) in [6, 6.07) is 13.7. The van der Waals surface area contributed by atoms with Gasteiger partial charge in [0, 0.05) is 25.2 Å². The van der Waals surface area contributed by atoms with Gasteiger partial charge in [-0.2, -0.15) is 4.31 Å². The molecule has 30 heavy (non-hydrogen) atoms. The number of nitrogens with zero attached hydrogens (tertiary/aromatic N) is 1. The Labute approximate surface area is 179 Å². The average molecular weight is 431 g/mol. The van der Waals surface area contributed by atoms with Crippen LogP contribution in [0.3, 0.4) is 0 Å². The highest BCUT2D eigenvalue weighted by molar-refractivity contribution is 7.89. The second kappa shape index (κ2) is 8.88. The Bertz CT molecular complexity index is 989. The van der Waals surface area contributed by atoms with E-state index >= 15 is 0 Å². The molecule has 1 aliphatic rings. The first-order valence-corrected chi connectivity index (χ1v) is 11.7.